The average Bonchev–Trinajstić information content (AvgIpc) is 2.51. The minimum atomic E-state index is 0.852. The van der Waals surface area contributed by atoms with Crippen LogP contribution in [0.2, 0.25) is 0 Å². The van der Waals surface area contributed by atoms with Crippen LogP contribution in [0.15, 0.2) is 24.3 Å². The van der Waals surface area contributed by atoms with Crippen molar-refractivity contribution in [1.82, 2.24) is 4.57 Å². The van der Waals surface area contributed by atoms with Crippen molar-refractivity contribution < 1.29 is 0 Å². The Hall–Kier alpha value is -0.980. The predicted molar refractivity (Wildman–Crippen MR) is 60.4 cm³/mol. The van der Waals surface area contributed by atoms with E-state index in [1.54, 1.807) is 0 Å². The second kappa shape index (κ2) is 4.04. The van der Waals surface area contributed by atoms with E-state index in [0.29, 0.717) is 0 Å². The van der Waals surface area contributed by atoms with Gasteiger partial charge in [0, 0.05) is 17.9 Å². The van der Waals surface area contributed by atoms with Crippen LogP contribution in [0.5, 0.6) is 0 Å². The van der Waals surface area contributed by atoms with Gasteiger partial charge in [0.25, 0.3) is 0 Å². The molecule has 0 radical (unpaired) electrons. The van der Waals surface area contributed by atoms with Crippen molar-refractivity contribution in [2.45, 2.75) is 39.7 Å². The van der Waals surface area contributed by atoms with Gasteiger partial charge in [-0.15, -0.1) is 0 Å². The molecule has 0 saturated heterocycles. The normalized spacial score (nSPS) is 21.4. The van der Waals surface area contributed by atoms with Crippen molar-refractivity contribution in [1.29, 1.82) is 0 Å². The number of hydrogen-bond donors (Lipinski definition) is 0. The number of aromatic nitrogens is 1. The van der Waals surface area contributed by atoms with E-state index in [0.717, 1.165) is 5.92 Å². The zero-order chi connectivity index (χ0) is 9.97. The smallest absolute Gasteiger partial charge is 0.0256 e. The van der Waals surface area contributed by atoms with Crippen LogP contribution in [0.4, 0.5) is 0 Å². The van der Waals surface area contributed by atoms with Gasteiger partial charge in [0.1, 0.15) is 0 Å². The fraction of sp³-hybridized carbons (Fsp3) is 0.538. The fourth-order valence-corrected chi connectivity index (χ4v) is 2.27. The third-order valence-corrected chi connectivity index (χ3v) is 3.24. The lowest BCUT2D eigenvalue weighted by Crippen LogP contribution is -2.13. The minimum Gasteiger partial charge on any atom is -0.349 e. The summed E-state index contributed by atoms with van der Waals surface area (Å²) in [5, 5.41) is 0. The lowest BCUT2D eigenvalue weighted by atomic mass is 9.94. The Balaban J connectivity index is 2.06. The first-order valence-electron chi connectivity index (χ1n) is 5.55. The van der Waals surface area contributed by atoms with E-state index in [4.69, 9.17) is 0 Å². The molecular formula is C13H19N. The molecule has 1 unspecified atom stereocenters. The zero-order valence-electron chi connectivity index (χ0n) is 9.16. The van der Waals surface area contributed by atoms with Crippen LogP contribution in [0.3, 0.4) is 0 Å². The Morgan fingerprint density at radius 3 is 2.50 bits per heavy atom. The SMILES string of the molecule is Cc1ccc(C)n1CC1CC=CCC1. The Morgan fingerprint density at radius 1 is 1.21 bits per heavy atom. The van der Waals surface area contributed by atoms with Gasteiger partial charge in [-0.05, 0) is 51.2 Å². The van der Waals surface area contributed by atoms with Gasteiger partial charge in [0.2, 0.25) is 0 Å². The van der Waals surface area contributed by atoms with Crippen molar-refractivity contribution >= 4 is 0 Å². The number of hydrogen-bond acceptors (Lipinski definition) is 0. The van der Waals surface area contributed by atoms with Crippen LogP contribution in [-0.2, 0) is 6.54 Å². The first-order chi connectivity index (χ1) is 6.77. The van der Waals surface area contributed by atoms with Crippen molar-refractivity contribution in [3.05, 3.63) is 35.7 Å². The molecule has 0 N–H and O–H groups in total. The number of allylic oxidation sites excluding steroid dienone is 2. The second-order valence-corrected chi connectivity index (χ2v) is 4.38. The largest absolute Gasteiger partial charge is 0.349 e. The maximum atomic E-state index is 2.45. The molecule has 0 fully saturated rings. The standard InChI is InChI=1S/C13H19N/c1-11-8-9-12(2)14(11)10-13-6-4-3-5-7-13/h3-4,8-9,13H,5-7,10H2,1-2H3. The molecule has 1 aromatic heterocycles. The third-order valence-electron chi connectivity index (χ3n) is 3.24. The van der Waals surface area contributed by atoms with Crippen molar-refractivity contribution in [3.8, 4) is 0 Å². The van der Waals surface area contributed by atoms with E-state index < -0.39 is 0 Å². The molecule has 0 aliphatic heterocycles. The lowest BCUT2D eigenvalue weighted by Gasteiger charge is -2.20. The van der Waals surface area contributed by atoms with Gasteiger partial charge in [-0.25, -0.2) is 0 Å². The van der Waals surface area contributed by atoms with E-state index in [-0.39, 0.29) is 0 Å². The van der Waals surface area contributed by atoms with E-state index in [2.05, 4.69) is 42.7 Å². The van der Waals surface area contributed by atoms with Gasteiger partial charge in [0.05, 0.1) is 0 Å². The highest BCUT2D eigenvalue weighted by Gasteiger charge is 2.12. The molecular weight excluding hydrogens is 170 g/mol. The van der Waals surface area contributed by atoms with Crippen LogP contribution >= 0.6 is 0 Å². The molecule has 0 spiro atoms. The maximum Gasteiger partial charge on any atom is 0.0256 e. The first kappa shape index (κ1) is 9.57. The Kier molecular flexibility index (Phi) is 2.76. The molecule has 0 aromatic carbocycles. The predicted octanol–water partition coefficient (Wildman–Crippen LogP) is 3.46. The lowest BCUT2D eigenvalue weighted by molar-refractivity contribution is 0.404. The molecule has 1 aromatic rings. The fourth-order valence-electron chi connectivity index (χ4n) is 2.27. The summed E-state index contributed by atoms with van der Waals surface area (Å²) in [4.78, 5) is 0. The van der Waals surface area contributed by atoms with Gasteiger partial charge >= 0.3 is 0 Å². The van der Waals surface area contributed by atoms with Crippen LogP contribution in [0.25, 0.3) is 0 Å². The highest BCUT2D eigenvalue weighted by atomic mass is 15.0. The maximum absolute atomic E-state index is 2.45. The summed E-state index contributed by atoms with van der Waals surface area (Å²) in [6, 6.07) is 4.43. The van der Waals surface area contributed by atoms with Gasteiger partial charge in [-0.3, -0.25) is 0 Å². The molecule has 1 aliphatic rings. The quantitative estimate of drug-likeness (QED) is 0.628. The molecule has 1 heteroatoms. The molecule has 0 amide bonds. The Labute approximate surface area is 86.4 Å². The molecule has 1 aliphatic carbocycles. The van der Waals surface area contributed by atoms with Gasteiger partial charge < -0.3 is 4.57 Å². The van der Waals surface area contributed by atoms with Crippen LogP contribution in [-0.4, -0.2) is 4.57 Å². The molecule has 0 saturated carbocycles. The minimum absolute atomic E-state index is 0.852. The summed E-state index contributed by atoms with van der Waals surface area (Å²) in [6.45, 7) is 5.60. The number of nitrogens with zero attached hydrogens (tertiary/aromatic N) is 1. The van der Waals surface area contributed by atoms with Gasteiger partial charge in [0.15, 0.2) is 0 Å². The third kappa shape index (κ3) is 1.92. The van der Waals surface area contributed by atoms with E-state index >= 15 is 0 Å². The van der Waals surface area contributed by atoms with E-state index in [1.165, 1.54) is 37.2 Å². The Morgan fingerprint density at radius 2 is 1.93 bits per heavy atom. The van der Waals surface area contributed by atoms with Crippen molar-refractivity contribution in [2.75, 3.05) is 0 Å². The molecule has 14 heavy (non-hydrogen) atoms. The summed E-state index contributed by atoms with van der Waals surface area (Å²) in [5.41, 5.74) is 2.80. The highest BCUT2D eigenvalue weighted by molar-refractivity contribution is 5.13. The van der Waals surface area contributed by atoms with Gasteiger partial charge in [-0.2, -0.15) is 0 Å². The molecule has 1 heterocycles. The molecule has 0 bridgehead atoms. The molecule has 2 rings (SSSR count). The second-order valence-electron chi connectivity index (χ2n) is 4.38. The molecule has 1 atom stereocenters. The summed E-state index contributed by atoms with van der Waals surface area (Å²) in [5.74, 6) is 0.852. The molecule has 1 nitrogen and oxygen atoms in total. The number of aryl methyl sites for hydroxylation is 2. The van der Waals surface area contributed by atoms with Crippen LogP contribution in [0, 0.1) is 19.8 Å². The van der Waals surface area contributed by atoms with Crippen molar-refractivity contribution in [2.24, 2.45) is 5.92 Å². The summed E-state index contributed by atoms with van der Waals surface area (Å²) >= 11 is 0. The summed E-state index contributed by atoms with van der Waals surface area (Å²) < 4.78 is 2.45. The monoisotopic (exact) mass is 189 g/mol. The average molecular weight is 189 g/mol. The first-order valence-corrected chi connectivity index (χ1v) is 5.55. The Bertz CT molecular complexity index is 314. The number of rotatable bonds is 2. The zero-order valence-corrected chi connectivity index (χ0v) is 9.16. The highest BCUT2D eigenvalue weighted by Crippen LogP contribution is 2.21. The van der Waals surface area contributed by atoms with Crippen LogP contribution < -0.4 is 0 Å². The topological polar surface area (TPSA) is 4.93 Å². The van der Waals surface area contributed by atoms with E-state index in [1.807, 2.05) is 0 Å². The van der Waals surface area contributed by atoms with E-state index in [9.17, 15) is 0 Å². The van der Waals surface area contributed by atoms with Gasteiger partial charge in [-0.1, -0.05) is 12.2 Å². The van der Waals surface area contributed by atoms with Crippen molar-refractivity contribution in [3.63, 3.8) is 0 Å². The molecule has 76 valence electrons. The summed E-state index contributed by atoms with van der Waals surface area (Å²) in [6.07, 6.45) is 8.53. The van der Waals surface area contributed by atoms with Crippen LogP contribution in [0.1, 0.15) is 30.7 Å². The summed E-state index contributed by atoms with van der Waals surface area (Å²) in [7, 11) is 0.